The molecule has 1 aliphatic rings. The molecule has 1 unspecified atom stereocenters. The van der Waals surface area contributed by atoms with Crippen molar-refractivity contribution in [2.75, 3.05) is 4.90 Å². The molecule has 0 saturated carbocycles. The van der Waals surface area contributed by atoms with Crippen molar-refractivity contribution < 1.29 is 0 Å². The molecule has 0 fully saturated rings. The van der Waals surface area contributed by atoms with Gasteiger partial charge in [-0.15, -0.1) is 11.3 Å². The lowest BCUT2D eigenvalue weighted by atomic mass is 9.76. The molecule has 2 heteroatoms. The van der Waals surface area contributed by atoms with Gasteiger partial charge < -0.3 is 4.90 Å². The molecule has 1 aromatic heterocycles. The molecule has 0 radical (unpaired) electrons. The third kappa shape index (κ3) is 5.28. The van der Waals surface area contributed by atoms with Crippen molar-refractivity contribution >= 4 is 86.0 Å². The van der Waals surface area contributed by atoms with Crippen LogP contribution in [0.1, 0.15) is 18.9 Å². The van der Waals surface area contributed by atoms with E-state index in [2.05, 4.69) is 206 Å². The van der Waals surface area contributed by atoms with Crippen molar-refractivity contribution in [2.24, 2.45) is 0 Å². The number of allylic oxidation sites excluding steroid dienone is 3. The van der Waals surface area contributed by atoms with Gasteiger partial charge in [0.25, 0.3) is 0 Å². The predicted octanol–water partition coefficient (Wildman–Crippen LogP) is 15.3. The maximum atomic E-state index is 2.44. The Morgan fingerprint density at radius 3 is 1.91 bits per heavy atom. The molecule has 1 nitrogen and oxygen atoms in total. The average molecular weight is 720 g/mol. The summed E-state index contributed by atoms with van der Waals surface area (Å²) in [4.78, 5) is 2.44. The molecule has 1 aliphatic carbocycles. The molecule has 0 bridgehead atoms. The van der Waals surface area contributed by atoms with E-state index in [0.717, 1.165) is 12.1 Å². The molecule has 0 aliphatic heterocycles. The van der Waals surface area contributed by atoms with E-state index in [4.69, 9.17) is 0 Å². The molecule has 1 atom stereocenters. The van der Waals surface area contributed by atoms with Gasteiger partial charge >= 0.3 is 0 Å². The van der Waals surface area contributed by atoms with Gasteiger partial charge in [-0.25, -0.2) is 0 Å². The number of hydrogen-bond donors (Lipinski definition) is 0. The van der Waals surface area contributed by atoms with E-state index >= 15 is 0 Å². The first-order valence-electron chi connectivity index (χ1n) is 19.1. The highest BCUT2D eigenvalue weighted by Gasteiger charge is 2.28. The SMILES string of the molecule is CC1(c2ccc3c(ccc4c5ccccc5ccc34)c2)C=CC(N(c2ccc(-c3cccc4ccccc34)cc2)c2ccc3sc4ccccc4c3c2)=CC1. The Hall–Kier alpha value is -6.48. The molecule has 0 saturated heterocycles. The zero-order valence-electron chi connectivity index (χ0n) is 30.5. The number of anilines is 2. The molecule has 9 aromatic carbocycles. The van der Waals surface area contributed by atoms with Crippen LogP contribution in [0.2, 0.25) is 0 Å². The second-order valence-electron chi connectivity index (χ2n) is 15.2. The standard InChI is InChI=1S/C53H37NS/c1-53(39-21-27-46-38(33-39)20-26-47-45-13-5-3-10-36(45)19-25-48(46)47)31-29-41(30-32-53)54(42-24-28-52-50(34-42)49-14-6-7-16-51(49)55-52)40-22-17-37(18-23-40)44-15-8-11-35-9-2-4-12-43(35)44/h2-31,33-34H,32H2,1H3. The van der Waals surface area contributed by atoms with Gasteiger partial charge in [0, 0.05) is 42.7 Å². The average Bonchev–Trinajstić information content (AvgIpc) is 3.62. The highest BCUT2D eigenvalue weighted by atomic mass is 32.1. The summed E-state index contributed by atoms with van der Waals surface area (Å²) in [7, 11) is 0. The largest absolute Gasteiger partial charge is 0.311 e. The summed E-state index contributed by atoms with van der Waals surface area (Å²) in [6.45, 7) is 2.37. The summed E-state index contributed by atoms with van der Waals surface area (Å²) < 4.78 is 2.64. The monoisotopic (exact) mass is 719 g/mol. The van der Waals surface area contributed by atoms with Crippen molar-refractivity contribution in [3.05, 3.63) is 205 Å². The van der Waals surface area contributed by atoms with Crippen molar-refractivity contribution in [1.29, 1.82) is 0 Å². The Kier molecular flexibility index (Phi) is 7.30. The van der Waals surface area contributed by atoms with Gasteiger partial charge in [0.2, 0.25) is 0 Å². The van der Waals surface area contributed by atoms with Gasteiger partial charge in [-0.05, 0) is 109 Å². The number of rotatable bonds is 5. The fourth-order valence-corrected chi connectivity index (χ4v) is 9.94. The van der Waals surface area contributed by atoms with Crippen LogP contribution < -0.4 is 4.90 Å². The molecular weight excluding hydrogens is 683 g/mol. The van der Waals surface area contributed by atoms with Crippen LogP contribution in [0.4, 0.5) is 11.4 Å². The molecule has 1 heterocycles. The Bertz CT molecular complexity index is 3190. The number of benzene rings is 9. The van der Waals surface area contributed by atoms with Crippen LogP contribution in [0.3, 0.4) is 0 Å². The van der Waals surface area contributed by atoms with Crippen LogP contribution >= 0.6 is 11.3 Å². The third-order valence-electron chi connectivity index (χ3n) is 11.9. The molecule has 11 rings (SSSR count). The number of nitrogens with zero attached hydrogens (tertiary/aromatic N) is 1. The van der Waals surface area contributed by atoms with Crippen LogP contribution in [0.15, 0.2) is 200 Å². The summed E-state index contributed by atoms with van der Waals surface area (Å²) in [6.07, 6.45) is 8.10. The summed E-state index contributed by atoms with van der Waals surface area (Å²) in [5, 5.41) is 13.0. The second kappa shape index (κ2) is 12.6. The molecular formula is C53H37NS. The molecule has 55 heavy (non-hydrogen) atoms. The fraction of sp³-hybridized carbons (Fsp3) is 0.0566. The van der Waals surface area contributed by atoms with Gasteiger partial charge in [-0.1, -0.05) is 159 Å². The van der Waals surface area contributed by atoms with Crippen molar-refractivity contribution in [2.45, 2.75) is 18.8 Å². The summed E-state index contributed by atoms with van der Waals surface area (Å²) in [5.41, 5.74) is 7.18. The zero-order valence-corrected chi connectivity index (χ0v) is 31.4. The summed E-state index contributed by atoms with van der Waals surface area (Å²) >= 11 is 1.87. The fourth-order valence-electron chi connectivity index (χ4n) is 8.85. The van der Waals surface area contributed by atoms with Crippen LogP contribution in [0, 0.1) is 0 Å². The van der Waals surface area contributed by atoms with E-state index in [1.807, 2.05) is 11.3 Å². The van der Waals surface area contributed by atoms with Crippen LogP contribution in [0.5, 0.6) is 0 Å². The zero-order chi connectivity index (χ0) is 36.5. The lowest BCUT2D eigenvalue weighted by Gasteiger charge is -2.33. The maximum Gasteiger partial charge on any atom is 0.0468 e. The minimum Gasteiger partial charge on any atom is -0.311 e. The van der Waals surface area contributed by atoms with Gasteiger partial charge in [0.05, 0.1) is 0 Å². The van der Waals surface area contributed by atoms with Crippen LogP contribution in [0.25, 0.3) is 74.4 Å². The number of fused-ring (bicyclic) bond motifs is 9. The van der Waals surface area contributed by atoms with Crippen LogP contribution in [-0.2, 0) is 5.41 Å². The highest BCUT2D eigenvalue weighted by molar-refractivity contribution is 7.25. The van der Waals surface area contributed by atoms with Gasteiger partial charge in [0.1, 0.15) is 0 Å². The first-order valence-corrected chi connectivity index (χ1v) is 20.0. The normalized spacial score (nSPS) is 15.8. The van der Waals surface area contributed by atoms with E-state index in [9.17, 15) is 0 Å². The Morgan fingerprint density at radius 1 is 0.473 bits per heavy atom. The second-order valence-corrected chi connectivity index (χ2v) is 16.2. The maximum absolute atomic E-state index is 2.44. The Morgan fingerprint density at radius 2 is 1.11 bits per heavy atom. The molecule has 0 N–H and O–H groups in total. The molecule has 10 aromatic rings. The van der Waals surface area contributed by atoms with Crippen molar-refractivity contribution in [3.63, 3.8) is 0 Å². The first-order chi connectivity index (χ1) is 27.1. The Balaban J connectivity index is 0.981. The van der Waals surface area contributed by atoms with E-state index in [-0.39, 0.29) is 5.41 Å². The van der Waals surface area contributed by atoms with Crippen molar-refractivity contribution in [3.8, 4) is 11.1 Å². The van der Waals surface area contributed by atoms with Gasteiger partial charge in [-0.2, -0.15) is 0 Å². The smallest absolute Gasteiger partial charge is 0.0468 e. The van der Waals surface area contributed by atoms with E-state index in [1.165, 1.54) is 91.3 Å². The third-order valence-corrected chi connectivity index (χ3v) is 13.0. The first kappa shape index (κ1) is 32.0. The van der Waals surface area contributed by atoms with E-state index in [1.54, 1.807) is 0 Å². The molecule has 0 amide bonds. The van der Waals surface area contributed by atoms with Gasteiger partial charge in [0.15, 0.2) is 0 Å². The Labute approximate surface area is 324 Å². The summed E-state index contributed by atoms with van der Waals surface area (Å²) in [6, 6.07) is 65.0. The van der Waals surface area contributed by atoms with E-state index < -0.39 is 0 Å². The lowest BCUT2D eigenvalue weighted by molar-refractivity contribution is 0.596. The van der Waals surface area contributed by atoms with E-state index in [0.29, 0.717) is 0 Å². The van der Waals surface area contributed by atoms with Gasteiger partial charge in [-0.3, -0.25) is 0 Å². The lowest BCUT2D eigenvalue weighted by Crippen LogP contribution is -2.24. The predicted molar refractivity (Wildman–Crippen MR) is 239 cm³/mol. The topological polar surface area (TPSA) is 3.24 Å². The van der Waals surface area contributed by atoms with Crippen LogP contribution in [-0.4, -0.2) is 0 Å². The molecule has 260 valence electrons. The highest BCUT2D eigenvalue weighted by Crippen LogP contribution is 2.43. The minimum atomic E-state index is -0.132. The summed E-state index contributed by atoms with van der Waals surface area (Å²) in [5.74, 6) is 0. The minimum absolute atomic E-state index is 0.132. The number of hydrogen-bond acceptors (Lipinski definition) is 2. The van der Waals surface area contributed by atoms with Crippen molar-refractivity contribution in [1.82, 2.24) is 0 Å². The number of thiophene rings is 1. The molecule has 0 spiro atoms. The quantitative estimate of drug-likeness (QED) is 0.160.